The van der Waals surface area contributed by atoms with Crippen molar-refractivity contribution in [3.63, 3.8) is 0 Å². The van der Waals surface area contributed by atoms with Gasteiger partial charge < -0.3 is 15.3 Å². The van der Waals surface area contributed by atoms with Crippen molar-refractivity contribution in [3.05, 3.63) is 71.3 Å². The van der Waals surface area contributed by atoms with Gasteiger partial charge in [0.25, 0.3) is 0 Å². The zero-order chi connectivity index (χ0) is 21.7. The first kappa shape index (κ1) is 21.8. The minimum Gasteiger partial charge on any atom is -0.387 e. The number of carbonyl (C=O) groups excluding carboxylic acids is 2. The fraction of sp³-hybridized carbons (Fsp3) is 0.364. The summed E-state index contributed by atoms with van der Waals surface area (Å²) in [6.07, 6.45) is -4.29. The molecule has 3 rings (SSSR count). The number of piperidine rings is 1. The number of aliphatic hydroxyl groups excluding tert-OH is 1. The summed E-state index contributed by atoms with van der Waals surface area (Å²) in [5, 5.41) is 12.9. The second-order valence-electron chi connectivity index (χ2n) is 7.20. The van der Waals surface area contributed by atoms with Crippen LogP contribution in [0.25, 0.3) is 0 Å². The predicted molar refractivity (Wildman–Crippen MR) is 104 cm³/mol. The van der Waals surface area contributed by atoms with Crippen molar-refractivity contribution >= 4 is 11.8 Å². The van der Waals surface area contributed by atoms with Crippen LogP contribution in [0.5, 0.6) is 0 Å². The van der Waals surface area contributed by atoms with Gasteiger partial charge in [-0.1, -0.05) is 48.5 Å². The third kappa shape index (κ3) is 4.99. The van der Waals surface area contributed by atoms with E-state index in [1.54, 1.807) is 30.3 Å². The molecule has 2 aromatic rings. The number of alkyl halides is 3. The Morgan fingerprint density at radius 2 is 1.73 bits per heavy atom. The highest BCUT2D eigenvalue weighted by atomic mass is 19.4. The summed E-state index contributed by atoms with van der Waals surface area (Å²) in [6.45, 7) is 0.0164. The molecule has 160 valence electrons. The average Bonchev–Trinajstić information content (AvgIpc) is 2.74. The standard InChI is InChI=1S/C22H23F3N2O3/c23-22(24,25)17-11-5-4-10-16(17)18(28)14-26-21(30)20(15-8-2-1-3-9-15)27-13-7-6-12-19(27)29/h1-5,8-11,18,20,28H,6-7,12-14H2,(H,26,30). The number of nitrogens with zero attached hydrogens (tertiary/aromatic N) is 1. The number of carbonyl (C=O) groups is 2. The predicted octanol–water partition coefficient (Wildman–Crippen LogP) is 3.61. The van der Waals surface area contributed by atoms with E-state index in [9.17, 15) is 27.9 Å². The number of nitrogens with one attached hydrogen (secondary N) is 1. The van der Waals surface area contributed by atoms with Crippen LogP contribution in [0.2, 0.25) is 0 Å². The first-order chi connectivity index (χ1) is 14.3. The molecule has 1 aliphatic heterocycles. The number of hydrogen-bond donors (Lipinski definition) is 2. The van der Waals surface area contributed by atoms with Crippen LogP contribution in [-0.2, 0) is 15.8 Å². The normalized spacial score (nSPS) is 16.8. The van der Waals surface area contributed by atoms with Gasteiger partial charge in [0.05, 0.1) is 11.7 Å². The lowest BCUT2D eigenvalue weighted by molar-refractivity contribution is -0.143. The van der Waals surface area contributed by atoms with E-state index in [0.29, 0.717) is 18.5 Å². The molecular weight excluding hydrogens is 397 g/mol. The van der Waals surface area contributed by atoms with Crippen molar-refractivity contribution in [1.82, 2.24) is 10.2 Å². The molecular formula is C22H23F3N2O3. The summed E-state index contributed by atoms with van der Waals surface area (Å²) in [7, 11) is 0. The highest BCUT2D eigenvalue weighted by Crippen LogP contribution is 2.34. The first-order valence-electron chi connectivity index (χ1n) is 9.75. The Morgan fingerprint density at radius 3 is 2.40 bits per heavy atom. The molecule has 0 aromatic heterocycles. The topological polar surface area (TPSA) is 69.6 Å². The van der Waals surface area contributed by atoms with Gasteiger partial charge >= 0.3 is 6.18 Å². The third-order valence-electron chi connectivity index (χ3n) is 5.13. The molecule has 0 radical (unpaired) electrons. The number of rotatable bonds is 6. The van der Waals surface area contributed by atoms with E-state index in [2.05, 4.69) is 5.32 Å². The number of halogens is 3. The summed E-state index contributed by atoms with van der Waals surface area (Å²) >= 11 is 0. The van der Waals surface area contributed by atoms with Gasteiger partial charge in [-0.25, -0.2) is 0 Å². The van der Waals surface area contributed by atoms with E-state index in [1.807, 2.05) is 0 Å². The molecule has 1 fully saturated rings. The molecule has 2 amide bonds. The maximum atomic E-state index is 13.2. The van der Waals surface area contributed by atoms with Crippen LogP contribution in [0, 0.1) is 0 Å². The minimum atomic E-state index is -4.62. The fourth-order valence-corrected chi connectivity index (χ4v) is 3.66. The van der Waals surface area contributed by atoms with Crippen molar-refractivity contribution in [2.24, 2.45) is 0 Å². The maximum absolute atomic E-state index is 13.2. The van der Waals surface area contributed by atoms with Gasteiger partial charge in [-0.05, 0) is 30.0 Å². The molecule has 0 aliphatic carbocycles. The Kier molecular flexibility index (Phi) is 6.77. The number of aliphatic hydroxyl groups is 1. The van der Waals surface area contributed by atoms with Crippen LogP contribution >= 0.6 is 0 Å². The van der Waals surface area contributed by atoms with Crippen LogP contribution in [-0.4, -0.2) is 34.9 Å². The van der Waals surface area contributed by atoms with E-state index >= 15 is 0 Å². The molecule has 2 N–H and O–H groups in total. The Morgan fingerprint density at radius 1 is 1.07 bits per heavy atom. The van der Waals surface area contributed by atoms with Gasteiger partial charge in [0, 0.05) is 19.5 Å². The smallest absolute Gasteiger partial charge is 0.387 e. The van der Waals surface area contributed by atoms with Gasteiger partial charge in [-0.3, -0.25) is 9.59 Å². The highest BCUT2D eigenvalue weighted by molar-refractivity contribution is 5.89. The lowest BCUT2D eigenvalue weighted by atomic mass is 9.99. The Balaban J connectivity index is 1.78. The largest absolute Gasteiger partial charge is 0.416 e. The van der Waals surface area contributed by atoms with Gasteiger partial charge in [0.1, 0.15) is 6.04 Å². The lowest BCUT2D eigenvalue weighted by Crippen LogP contribution is -2.46. The van der Waals surface area contributed by atoms with Crippen LogP contribution in [0.3, 0.4) is 0 Å². The molecule has 1 heterocycles. The molecule has 2 atom stereocenters. The van der Waals surface area contributed by atoms with E-state index < -0.39 is 36.3 Å². The highest BCUT2D eigenvalue weighted by Gasteiger charge is 2.36. The zero-order valence-corrected chi connectivity index (χ0v) is 16.2. The van der Waals surface area contributed by atoms with Gasteiger partial charge in [0.2, 0.25) is 11.8 Å². The first-order valence-corrected chi connectivity index (χ1v) is 9.75. The van der Waals surface area contributed by atoms with Gasteiger partial charge in [-0.2, -0.15) is 13.2 Å². The third-order valence-corrected chi connectivity index (χ3v) is 5.13. The molecule has 0 spiro atoms. The van der Waals surface area contributed by atoms with Crippen molar-refractivity contribution in [2.75, 3.05) is 13.1 Å². The Hall–Kier alpha value is -2.87. The maximum Gasteiger partial charge on any atom is 0.416 e. The molecule has 2 aromatic carbocycles. The van der Waals surface area contributed by atoms with Gasteiger partial charge in [-0.15, -0.1) is 0 Å². The number of amides is 2. The average molecular weight is 420 g/mol. The van der Waals surface area contributed by atoms with Crippen LogP contribution in [0.15, 0.2) is 54.6 Å². The molecule has 30 heavy (non-hydrogen) atoms. The fourth-order valence-electron chi connectivity index (χ4n) is 3.66. The van der Waals surface area contributed by atoms with E-state index in [1.165, 1.54) is 23.1 Å². The molecule has 0 bridgehead atoms. The molecule has 8 heteroatoms. The zero-order valence-electron chi connectivity index (χ0n) is 16.2. The summed E-state index contributed by atoms with van der Waals surface area (Å²) in [6, 6.07) is 12.5. The Bertz CT molecular complexity index is 887. The SMILES string of the molecule is O=C(NCC(O)c1ccccc1C(F)(F)F)C(c1ccccc1)N1CCCCC1=O. The molecule has 0 saturated carbocycles. The number of likely N-dealkylation sites (tertiary alicyclic amines) is 1. The van der Waals surface area contributed by atoms with E-state index in [4.69, 9.17) is 0 Å². The number of benzene rings is 2. The van der Waals surface area contributed by atoms with Crippen LogP contribution < -0.4 is 5.32 Å². The molecule has 5 nitrogen and oxygen atoms in total. The van der Waals surface area contributed by atoms with Crippen molar-refractivity contribution in [2.45, 2.75) is 37.6 Å². The summed E-state index contributed by atoms with van der Waals surface area (Å²) in [4.78, 5) is 26.9. The summed E-state index contributed by atoms with van der Waals surface area (Å²) < 4.78 is 39.6. The second-order valence-corrected chi connectivity index (χ2v) is 7.20. The van der Waals surface area contributed by atoms with Crippen molar-refractivity contribution in [3.8, 4) is 0 Å². The number of hydrogen-bond acceptors (Lipinski definition) is 3. The Labute approximate surface area is 172 Å². The van der Waals surface area contributed by atoms with E-state index in [0.717, 1.165) is 18.9 Å². The van der Waals surface area contributed by atoms with Crippen molar-refractivity contribution < 1.29 is 27.9 Å². The summed E-state index contributed by atoms with van der Waals surface area (Å²) in [5.41, 5.74) is -0.649. The molecule has 2 unspecified atom stereocenters. The van der Waals surface area contributed by atoms with Crippen molar-refractivity contribution in [1.29, 1.82) is 0 Å². The van der Waals surface area contributed by atoms with Crippen LogP contribution in [0.4, 0.5) is 13.2 Å². The molecule has 1 aliphatic rings. The van der Waals surface area contributed by atoms with Crippen LogP contribution in [0.1, 0.15) is 48.1 Å². The van der Waals surface area contributed by atoms with E-state index in [-0.39, 0.29) is 11.5 Å². The lowest BCUT2D eigenvalue weighted by Gasteiger charge is -2.34. The second kappa shape index (κ2) is 9.30. The minimum absolute atomic E-state index is 0.145. The van der Waals surface area contributed by atoms with Gasteiger partial charge in [0.15, 0.2) is 0 Å². The molecule has 1 saturated heterocycles. The summed E-state index contributed by atoms with van der Waals surface area (Å²) in [5.74, 6) is -0.687. The monoisotopic (exact) mass is 420 g/mol. The quantitative estimate of drug-likeness (QED) is 0.750.